The van der Waals surface area contributed by atoms with E-state index in [-0.39, 0.29) is 0 Å². The maximum Gasteiger partial charge on any atom is 0.0731 e. The van der Waals surface area contributed by atoms with E-state index in [2.05, 4.69) is 229 Å². The number of benzene rings is 10. The highest BCUT2D eigenvalue weighted by atomic mass is 15.1. The first-order valence-electron chi connectivity index (χ1n) is 20.2. The van der Waals surface area contributed by atoms with Crippen LogP contribution in [0.4, 0.5) is 17.1 Å². The van der Waals surface area contributed by atoms with Gasteiger partial charge in [0.15, 0.2) is 0 Å². The van der Waals surface area contributed by atoms with Crippen molar-refractivity contribution in [3.63, 3.8) is 0 Å². The van der Waals surface area contributed by atoms with Crippen LogP contribution in [0.15, 0.2) is 224 Å². The maximum absolute atomic E-state index is 2.52. The Kier molecular flexibility index (Phi) is 7.21. The molecule has 0 heterocycles. The number of nitrogens with zero attached hydrogens (tertiary/aromatic N) is 1. The van der Waals surface area contributed by atoms with E-state index in [1.54, 1.807) is 0 Å². The Morgan fingerprint density at radius 2 is 0.897 bits per heavy atom. The van der Waals surface area contributed by atoms with Gasteiger partial charge in [-0.2, -0.15) is 0 Å². The summed E-state index contributed by atoms with van der Waals surface area (Å²) >= 11 is 0. The molecule has 1 heteroatoms. The van der Waals surface area contributed by atoms with Gasteiger partial charge in [-0.25, -0.2) is 0 Å². The largest absolute Gasteiger partial charge is 0.310 e. The Morgan fingerprint density at radius 3 is 1.64 bits per heavy atom. The zero-order valence-electron chi connectivity index (χ0n) is 31.8. The van der Waals surface area contributed by atoms with E-state index in [4.69, 9.17) is 0 Å². The van der Waals surface area contributed by atoms with Crippen LogP contribution in [0.2, 0.25) is 0 Å². The molecular formula is C57H37N. The number of fused-ring (bicyclic) bond motifs is 13. The molecule has 0 amide bonds. The predicted molar refractivity (Wildman–Crippen MR) is 243 cm³/mol. The Balaban J connectivity index is 1.13. The summed E-state index contributed by atoms with van der Waals surface area (Å²) in [7, 11) is 0. The standard InChI is InChI=1S/C57H37N/c1-4-16-38(17-5-1)42-30-32-46(39-18-6-2-7-19-39)55(37-42)58(44-21-8-3-9-22-44)45-31-28-41-35-51-50-33-29-40-20-10-11-23-47(40)56(50)57(54(51)36-43(41)34-45)52-26-14-12-24-48(52)49-25-13-15-27-53(49)57/h1-37H. The Bertz CT molecular complexity index is 3170. The SMILES string of the molecule is c1ccc(-c2ccc(-c3ccccc3)c(N(c3ccccc3)c3ccc4cc5c(cc4c3)C3(c4ccccc4-c4ccccc43)c3c-5ccc4ccccc34)c2)cc1. The number of hydrogen-bond donors (Lipinski definition) is 0. The average Bonchev–Trinajstić information content (AvgIpc) is 3.76. The molecule has 0 N–H and O–H groups in total. The first kappa shape index (κ1) is 32.7. The molecule has 0 saturated carbocycles. The van der Waals surface area contributed by atoms with Crippen LogP contribution in [0.1, 0.15) is 22.3 Å². The van der Waals surface area contributed by atoms with Crippen LogP contribution in [0, 0.1) is 0 Å². The lowest BCUT2D eigenvalue weighted by Crippen LogP contribution is -2.26. The molecule has 0 fully saturated rings. The fraction of sp³-hybridized carbons (Fsp3) is 0.0175. The molecule has 10 aromatic carbocycles. The normalized spacial score (nSPS) is 13.0. The van der Waals surface area contributed by atoms with Gasteiger partial charge < -0.3 is 4.90 Å². The molecule has 2 aliphatic carbocycles. The van der Waals surface area contributed by atoms with Crippen molar-refractivity contribution < 1.29 is 0 Å². The highest BCUT2D eigenvalue weighted by Gasteiger charge is 2.52. The molecule has 0 radical (unpaired) electrons. The van der Waals surface area contributed by atoms with Crippen molar-refractivity contribution in [3.05, 3.63) is 247 Å². The van der Waals surface area contributed by atoms with Crippen LogP contribution in [0.5, 0.6) is 0 Å². The monoisotopic (exact) mass is 735 g/mol. The van der Waals surface area contributed by atoms with Crippen molar-refractivity contribution in [2.75, 3.05) is 4.90 Å². The Morgan fingerprint density at radius 1 is 0.293 bits per heavy atom. The molecule has 12 rings (SSSR count). The first-order chi connectivity index (χ1) is 28.8. The minimum absolute atomic E-state index is 0.452. The third-order valence-electron chi connectivity index (χ3n) is 12.6. The third-order valence-corrected chi connectivity index (χ3v) is 12.6. The molecule has 0 aliphatic heterocycles. The molecule has 0 saturated heterocycles. The van der Waals surface area contributed by atoms with E-state index in [1.807, 2.05) is 0 Å². The molecule has 0 atom stereocenters. The van der Waals surface area contributed by atoms with E-state index in [0.717, 1.165) is 17.1 Å². The van der Waals surface area contributed by atoms with Gasteiger partial charge in [0.1, 0.15) is 0 Å². The lowest BCUT2D eigenvalue weighted by molar-refractivity contribution is 0.802. The Hall–Kier alpha value is -7.48. The molecule has 0 unspecified atom stereocenters. The molecule has 0 aromatic heterocycles. The lowest BCUT2D eigenvalue weighted by Gasteiger charge is -2.32. The van der Waals surface area contributed by atoms with Gasteiger partial charge in [0.05, 0.1) is 11.1 Å². The van der Waals surface area contributed by atoms with Crippen LogP contribution < -0.4 is 4.90 Å². The predicted octanol–water partition coefficient (Wildman–Crippen LogP) is 15.1. The molecule has 270 valence electrons. The van der Waals surface area contributed by atoms with Gasteiger partial charge in [0.2, 0.25) is 0 Å². The molecule has 10 aromatic rings. The number of rotatable bonds is 5. The van der Waals surface area contributed by atoms with Gasteiger partial charge in [0, 0.05) is 16.9 Å². The molecule has 1 spiro atoms. The van der Waals surface area contributed by atoms with Crippen molar-refractivity contribution in [1.82, 2.24) is 0 Å². The lowest BCUT2D eigenvalue weighted by atomic mass is 9.69. The minimum Gasteiger partial charge on any atom is -0.310 e. The zero-order valence-corrected chi connectivity index (χ0v) is 31.8. The van der Waals surface area contributed by atoms with E-state index < -0.39 is 5.41 Å². The summed E-state index contributed by atoms with van der Waals surface area (Å²) in [5.74, 6) is 0. The van der Waals surface area contributed by atoms with Crippen molar-refractivity contribution in [3.8, 4) is 44.5 Å². The van der Waals surface area contributed by atoms with E-state index in [9.17, 15) is 0 Å². The summed E-state index contributed by atoms with van der Waals surface area (Å²) in [6.07, 6.45) is 0. The summed E-state index contributed by atoms with van der Waals surface area (Å²) in [5, 5.41) is 5.03. The van der Waals surface area contributed by atoms with Gasteiger partial charge in [0.25, 0.3) is 0 Å². The van der Waals surface area contributed by atoms with Gasteiger partial charge in [-0.3, -0.25) is 0 Å². The molecule has 58 heavy (non-hydrogen) atoms. The van der Waals surface area contributed by atoms with Crippen molar-refractivity contribution in [2.45, 2.75) is 5.41 Å². The van der Waals surface area contributed by atoms with E-state index in [0.29, 0.717) is 0 Å². The minimum atomic E-state index is -0.452. The molecule has 1 nitrogen and oxygen atoms in total. The van der Waals surface area contributed by atoms with Crippen LogP contribution in [0.25, 0.3) is 66.1 Å². The van der Waals surface area contributed by atoms with E-state index in [1.165, 1.54) is 88.3 Å². The smallest absolute Gasteiger partial charge is 0.0731 e. The maximum atomic E-state index is 2.52. The van der Waals surface area contributed by atoms with Crippen LogP contribution in [-0.4, -0.2) is 0 Å². The van der Waals surface area contributed by atoms with Gasteiger partial charge in [-0.15, -0.1) is 0 Å². The summed E-state index contributed by atoms with van der Waals surface area (Å²) in [6, 6.07) is 83.1. The fourth-order valence-corrected chi connectivity index (χ4v) is 10.2. The number of para-hydroxylation sites is 1. The van der Waals surface area contributed by atoms with Gasteiger partial charge >= 0.3 is 0 Å². The van der Waals surface area contributed by atoms with Gasteiger partial charge in [-0.1, -0.05) is 182 Å². The first-order valence-corrected chi connectivity index (χ1v) is 20.2. The number of hydrogen-bond acceptors (Lipinski definition) is 1. The molecule has 0 bridgehead atoms. The summed E-state index contributed by atoms with van der Waals surface area (Å²) in [4.78, 5) is 2.44. The highest BCUT2D eigenvalue weighted by Crippen LogP contribution is 2.64. The van der Waals surface area contributed by atoms with Crippen molar-refractivity contribution in [1.29, 1.82) is 0 Å². The van der Waals surface area contributed by atoms with E-state index >= 15 is 0 Å². The Labute approximate surface area is 338 Å². The second kappa shape index (κ2) is 12.8. The highest BCUT2D eigenvalue weighted by molar-refractivity contribution is 6.07. The van der Waals surface area contributed by atoms with Crippen LogP contribution in [0.3, 0.4) is 0 Å². The molecule has 2 aliphatic rings. The third kappa shape index (κ3) is 4.71. The summed E-state index contributed by atoms with van der Waals surface area (Å²) in [5.41, 5.74) is 18.4. The molecular weight excluding hydrogens is 699 g/mol. The van der Waals surface area contributed by atoms with Gasteiger partial charge in [-0.05, 0) is 125 Å². The topological polar surface area (TPSA) is 3.24 Å². The summed E-state index contributed by atoms with van der Waals surface area (Å²) < 4.78 is 0. The fourth-order valence-electron chi connectivity index (χ4n) is 10.2. The van der Waals surface area contributed by atoms with Crippen molar-refractivity contribution >= 4 is 38.6 Å². The van der Waals surface area contributed by atoms with Crippen LogP contribution >= 0.6 is 0 Å². The number of anilines is 3. The summed E-state index contributed by atoms with van der Waals surface area (Å²) in [6.45, 7) is 0. The second-order valence-corrected chi connectivity index (χ2v) is 15.6. The van der Waals surface area contributed by atoms with Crippen LogP contribution in [-0.2, 0) is 5.41 Å². The second-order valence-electron chi connectivity index (χ2n) is 15.6. The zero-order chi connectivity index (χ0) is 38.2. The quantitative estimate of drug-likeness (QED) is 0.170. The van der Waals surface area contributed by atoms with Crippen molar-refractivity contribution in [2.24, 2.45) is 0 Å². The average molecular weight is 736 g/mol.